The number of nitrogens with zero attached hydrogens (tertiary/aromatic N) is 1. The van der Waals surface area contributed by atoms with E-state index in [4.69, 9.17) is 18.5 Å². The average Bonchev–Trinajstić information content (AvgIpc) is 2.72. The minimum atomic E-state index is -4.66. The first kappa shape index (κ1) is 91.4. The Hall–Kier alpha value is -4.63. The van der Waals surface area contributed by atoms with E-state index in [1.807, 2.05) is 21.1 Å². The Balaban J connectivity index is 4.07. The van der Waals surface area contributed by atoms with Crippen LogP contribution >= 0.6 is 7.82 Å². The number of hydrogen-bond acceptors (Lipinski definition) is 8. The van der Waals surface area contributed by atoms with Crippen LogP contribution in [0.5, 0.6) is 0 Å². The van der Waals surface area contributed by atoms with Crippen molar-refractivity contribution in [3.63, 3.8) is 0 Å². The maximum atomic E-state index is 12.9. The van der Waals surface area contributed by atoms with Crippen LogP contribution in [0, 0.1) is 0 Å². The van der Waals surface area contributed by atoms with Crippen molar-refractivity contribution in [2.24, 2.45) is 0 Å². The van der Waals surface area contributed by atoms with Gasteiger partial charge in [-0.2, -0.15) is 0 Å². The van der Waals surface area contributed by atoms with E-state index in [1.54, 1.807) is 0 Å². The van der Waals surface area contributed by atoms with Gasteiger partial charge in [0, 0.05) is 12.8 Å². The lowest BCUT2D eigenvalue weighted by molar-refractivity contribution is -0.870. The van der Waals surface area contributed by atoms with Crippen molar-refractivity contribution in [3.05, 3.63) is 170 Å². The molecule has 546 valence electrons. The summed E-state index contributed by atoms with van der Waals surface area (Å²) in [6.07, 6.45) is 113. The van der Waals surface area contributed by atoms with Crippen molar-refractivity contribution in [3.8, 4) is 0 Å². The van der Waals surface area contributed by atoms with Gasteiger partial charge in [-0.25, -0.2) is 0 Å². The van der Waals surface area contributed by atoms with Gasteiger partial charge < -0.3 is 27.9 Å². The number of rotatable bonds is 70. The summed E-state index contributed by atoms with van der Waals surface area (Å²) in [5, 5.41) is 0. The molecule has 0 amide bonds. The second kappa shape index (κ2) is 74.6. The molecule has 96 heavy (non-hydrogen) atoms. The minimum absolute atomic E-state index is 0.0408. The van der Waals surface area contributed by atoms with E-state index in [9.17, 15) is 19.0 Å². The largest absolute Gasteiger partial charge is 0.756 e. The van der Waals surface area contributed by atoms with Gasteiger partial charge in [-0.3, -0.25) is 14.2 Å². The predicted molar refractivity (Wildman–Crippen MR) is 415 cm³/mol. The minimum Gasteiger partial charge on any atom is -0.756 e. The first-order chi connectivity index (χ1) is 47.0. The van der Waals surface area contributed by atoms with Crippen molar-refractivity contribution < 1.29 is 42.1 Å². The fraction of sp³-hybridized carbons (Fsp3) is 0.651. The first-order valence-corrected chi connectivity index (χ1v) is 40.3. The highest BCUT2D eigenvalue weighted by atomic mass is 31.2. The molecule has 0 saturated carbocycles. The first-order valence-electron chi connectivity index (χ1n) is 38.8. The molecule has 0 saturated heterocycles. The van der Waals surface area contributed by atoms with Gasteiger partial charge in [-0.05, 0) is 128 Å². The Labute approximate surface area is 591 Å². The average molecular weight is 1350 g/mol. The van der Waals surface area contributed by atoms with E-state index in [-0.39, 0.29) is 32.0 Å². The smallest absolute Gasteiger partial charge is 0.306 e. The summed E-state index contributed by atoms with van der Waals surface area (Å²) < 4.78 is 34.4. The van der Waals surface area contributed by atoms with Crippen LogP contribution in [0.4, 0.5) is 0 Å². The van der Waals surface area contributed by atoms with E-state index >= 15 is 0 Å². The maximum Gasteiger partial charge on any atom is 0.306 e. The van der Waals surface area contributed by atoms with Gasteiger partial charge in [0.1, 0.15) is 19.8 Å². The van der Waals surface area contributed by atoms with Crippen LogP contribution in [0.25, 0.3) is 0 Å². The van der Waals surface area contributed by atoms with Crippen LogP contribution in [0.2, 0.25) is 0 Å². The van der Waals surface area contributed by atoms with Crippen LogP contribution in [-0.4, -0.2) is 70.0 Å². The van der Waals surface area contributed by atoms with Crippen molar-refractivity contribution in [1.29, 1.82) is 0 Å². The molecule has 2 atom stereocenters. The third-order valence-corrected chi connectivity index (χ3v) is 17.2. The second-order valence-electron chi connectivity index (χ2n) is 26.6. The molecule has 0 aliphatic carbocycles. The highest BCUT2D eigenvalue weighted by Gasteiger charge is 2.22. The summed E-state index contributed by atoms with van der Waals surface area (Å²) >= 11 is 0. The highest BCUT2D eigenvalue weighted by molar-refractivity contribution is 7.45. The quantitative estimate of drug-likeness (QED) is 0.0195. The molecule has 0 aliphatic heterocycles. The van der Waals surface area contributed by atoms with E-state index in [0.717, 1.165) is 148 Å². The molecule has 0 aromatic rings. The fourth-order valence-electron chi connectivity index (χ4n) is 10.4. The Morgan fingerprint density at radius 3 is 0.833 bits per heavy atom. The van der Waals surface area contributed by atoms with Gasteiger partial charge in [-0.15, -0.1) is 0 Å². The molecule has 0 heterocycles. The summed E-state index contributed by atoms with van der Waals surface area (Å²) in [5.41, 5.74) is 0. The third kappa shape index (κ3) is 78.4. The molecule has 9 nitrogen and oxygen atoms in total. The number of hydrogen-bond donors (Lipinski definition) is 0. The Morgan fingerprint density at radius 2 is 0.562 bits per heavy atom. The zero-order valence-corrected chi connectivity index (χ0v) is 63.2. The molecular formula is C86H144NO8P. The van der Waals surface area contributed by atoms with E-state index in [2.05, 4.69) is 184 Å². The number of carbonyl (C=O) groups excluding carboxylic acids is 2. The number of quaternary nitrogens is 1. The van der Waals surface area contributed by atoms with Gasteiger partial charge in [0.05, 0.1) is 27.7 Å². The maximum absolute atomic E-state index is 12.9. The molecule has 0 radical (unpaired) electrons. The number of phosphoric ester groups is 1. The Bertz CT molecular complexity index is 2230. The van der Waals surface area contributed by atoms with Crippen molar-refractivity contribution in [1.82, 2.24) is 0 Å². The Morgan fingerprint density at radius 1 is 0.323 bits per heavy atom. The summed E-state index contributed by atoms with van der Waals surface area (Å²) in [4.78, 5) is 38.2. The summed E-state index contributed by atoms with van der Waals surface area (Å²) in [7, 11) is 1.14. The number of phosphoric acid groups is 1. The van der Waals surface area contributed by atoms with Crippen LogP contribution in [0.15, 0.2) is 170 Å². The van der Waals surface area contributed by atoms with Crippen LogP contribution in [-0.2, 0) is 32.7 Å². The normalized spacial score (nSPS) is 14.0. The SMILES string of the molecule is CC/C=C\C/C=C\C/C=C\C/C=C\C/C=C\C/C=C\C/C=C\C/C=C\C/C=C\C/C=C\CCCCCCCCC(=O)OC(COC(=O)CCCCCCCCCCCCCCCCCCCCCCCC/C=C\C/C=C\C/C=C\C/C=C\CC)COP(=O)([O-])OCC[N+](C)(C)C. The van der Waals surface area contributed by atoms with Gasteiger partial charge in [0.25, 0.3) is 7.82 Å². The molecule has 0 aromatic carbocycles. The molecule has 2 unspecified atom stereocenters. The number of esters is 2. The zero-order chi connectivity index (χ0) is 69.7. The number of unbranched alkanes of at least 4 members (excludes halogenated alkanes) is 28. The lowest BCUT2D eigenvalue weighted by atomic mass is 10.0. The second-order valence-corrected chi connectivity index (χ2v) is 28.0. The monoisotopic (exact) mass is 1350 g/mol. The van der Waals surface area contributed by atoms with Crippen molar-refractivity contribution >= 4 is 19.8 Å². The number of carbonyl (C=O) groups is 2. The summed E-state index contributed by atoms with van der Waals surface area (Å²) in [6, 6.07) is 0. The van der Waals surface area contributed by atoms with Gasteiger partial charge in [0.15, 0.2) is 6.10 Å². The van der Waals surface area contributed by atoms with Gasteiger partial charge in [-0.1, -0.05) is 338 Å². The topological polar surface area (TPSA) is 111 Å². The van der Waals surface area contributed by atoms with Crippen LogP contribution in [0.3, 0.4) is 0 Å². The number of allylic oxidation sites excluding steroid dienone is 28. The molecule has 0 bridgehead atoms. The number of likely N-dealkylation sites (N-methyl/N-ethyl adjacent to an activating group) is 1. The van der Waals surface area contributed by atoms with Crippen LogP contribution in [0.1, 0.15) is 309 Å². The van der Waals surface area contributed by atoms with Gasteiger partial charge in [0.2, 0.25) is 0 Å². The molecule has 0 rings (SSSR count). The standard InChI is InChI=1S/C86H144NO8P/c1-6-8-10-12-14-16-18-20-22-24-26-28-30-32-34-36-38-40-42-43-45-47-49-51-53-55-57-59-61-63-65-67-69-71-73-75-77-79-86(89)95-84(83-94-96(90,91)93-81-80-87(3,4)5)82-92-85(88)78-76-74-72-70-68-66-64-62-60-58-56-54-52-50-48-46-44-41-39-37-35-33-31-29-27-25-23-21-19-17-15-13-11-9-7-2/h8-11,14-17,20-23,26-29,32,34,38,40,43,45,49,51,55,57,61,63,84H,6-7,12-13,18-19,24-25,30-31,33,35-37,39,41-42,44,46-48,50,52-54,56,58-60,62,64-83H2,1-5H3/b10-8-,11-9-,16-14-,17-15-,22-20-,23-21-,28-26-,29-27-,34-32-,40-38-,45-43-,51-49-,57-55-,63-61-. The van der Waals surface area contributed by atoms with E-state index < -0.39 is 26.5 Å². The summed E-state index contributed by atoms with van der Waals surface area (Å²) in [5.74, 6) is -0.850. The Kier molecular flexibility index (Phi) is 71.0. The molecule has 0 spiro atoms. The molecule has 0 fully saturated rings. The van der Waals surface area contributed by atoms with Crippen LogP contribution < -0.4 is 4.89 Å². The van der Waals surface area contributed by atoms with Crippen molar-refractivity contribution in [2.45, 2.75) is 315 Å². The molecule has 0 aliphatic rings. The lowest BCUT2D eigenvalue weighted by Crippen LogP contribution is -2.37. The van der Waals surface area contributed by atoms with Gasteiger partial charge >= 0.3 is 11.9 Å². The number of ether oxygens (including phenoxy) is 2. The highest BCUT2D eigenvalue weighted by Crippen LogP contribution is 2.38. The predicted octanol–water partition coefficient (Wildman–Crippen LogP) is 25.4. The fourth-order valence-corrected chi connectivity index (χ4v) is 11.1. The third-order valence-electron chi connectivity index (χ3n) is 16.2. The zero-order valence-electron chi connectivity index (χ0n) is 62.3. The lowest BCUT2D eigenvalue weighted by Gasteiger charge is -2.28. The molecule has 0 N–H and O–H groups in total. The van der Waals surface area contributed by atoms with Crippen molar-refractivity contribution in [2.75, 3.05) is 47.5 Å². The molecule has 10 heteroatoms. The summed E-state index contributed by atoms with van der Waals surface area (Å²) in [6.45, 7) is 4.01. The molecule has 0 aromatic heterocycles. The molecular weight excluding hydrogens is 1210 g/mol. The van der Waals surface area contributed by atoms with E-state index in [1.165, 1.54) is 128 Å². The van der Waals surface area contributed by atoms with E-state index in [0.29, 0.717) is 17.4 Å².